The molecule has 0 aromatic rings. The predicted molar refractivity (Wildman–Crippen MR) is 136 cm³/mol. The monoisotopic (exact) mass is 472 g/mol. The molecule has 4 aliphatic carbocycles. The number of ether oxygens (including phenoxy) is 1. The molecule has 9 unspecified atom stereocenters. The van der Waals surface area contributed by atoms with Gasteiger partial charge in [0.05, 0.1) is 18.8 Å². The molecule has 4 rings (SSSR count). The van der Waals surface area contributed by atoms with Crippen molar-refractivity contribution in [3.8, 4) is 0 Å². The van der Waals surface area contributed by atoms with Crippen molar-refractivity contribution >= 4 is 5.97 Å². The number of rotatable bonds is 8. The third-order valence-electron chi connectivity index (χ3n) is 11.6. The molecule has 4 heteroatoms. The van der Waals surface area contributed by atoms with Crippen molar-refractivity contribution in [1.29, 1.82) is 0 Å². The molecule has 0 radical (unpaired) electrons. The van der Waals surface area contributed by atoms with Crippen molar-refractivity contribution in [2.75, 3.05) is 7.11 Å². The van der Waals surface area contributed by atoms with Gasteiger partial charge in [0, 0.05) is 12.3 Å². The first kappa shape index (κ1) is 25.9. The number of allylic oxidation sites excluding steroid dienone is 1. The van der Waals surface area contributed by atoms with Gasteiger partial charge >= 0.3 is 5.97 Å². The average Bonchev–Trinajstić information content (AvgIpc) is 3.33. The van der Waals surface area contributed by atoms with Crippen LogP contribution in [0.1, 0.15) is 92.4 Å². The molecule has 0 heterocycles. The van der Waals surface area contributed by atoms with E-state index >= 15 is 0 Å². The van der Waals surface area contributed by atoms with Gasteiger partial charge in [0.1, 0.15) is 0 Å². The summed E-state index contributed by atoms with van der Waals surface area (Å²) in [5, 5.41) is 21.4. The lowest BCUT2D eigenvalue weighted by Gasteiger charge is -2.61. The Morgan fingerprint density at radius 1 is 1.24 bits per heavy atom. The van der Waals surface area contributed by atoms with Crippen LogP contribution in [0.15, 0.2) is 24.8 Å². The summed E-state index contributed by atoms with van der Waals surface area (Å²) in [6.45, 7) is 15.2. The predicted octanol–water partition coefficient (Wildman–Crippen LogP) is 6.07. The fraction of sp³-hybridized carbons (Fsp3) is 0.833. The van der Waals surface area contributed by atoms with Crippen molar-refractivity contribution in [2.24, 2.45) is 45.3 Å². The van der Waals surface area contributed by atoms with E-state index in [0.717, 1.165) is 25.7 Å². The first-order valence-corrected chi connectivity index (χ1v) is 13.6. The van der Waals surface area contributed by atoms with Crippen molar-refractivity contribution in [3.05, 3.63) is 24.8 Å². The van der Waals surface area contributed by atoms with E-state index in [1.165, 1.54) is 32.8 Å². The van der Waals surface area contributed by atoms with Gasteiger partial charge in [0.25, 0.3) is 0 Å². The van der Waals surface area contributed by atoms with E-state index in [1.807, 2.05) is 26.0 Å². The molecular weight excluding hydrogens is 424 g/mol. The molecule has 4 nitrogen and oxygen atoms in total. The highest BCUT2D eigenvalue weighted by Gasteiger charge is 2.81. The van der Waals surface area contributed by atoms with Gasteiger partial charge in [0.15, 0.2) is 0 Å². The minimum atomic E-state index is -0.759. The van der Waals surface area contributed by atoms with Crippen molar-refractivity contribution in [1.82, 2.24) is 0 Å². The van der Waals surface area contributed by atoms with Gasteiger partial charge in [-0.1, -0.05) is 39.0 Å². The Labute approximate surface area is 207 Å². The van der Waals surface area contributed by atoms with E-state index in [1.54, 1.807) is 0 Å². The third-order valence-corrected chi connectivity index (χ3v) is 11.6. The fourth-order valence-electron chi connectivity index (χ4n) is 9.77. The Morgan fingerprint density at radius 3 is 2.56 bits per heavy atom. The molecule has 0 amide bonds. The molecule has 2 N–H and O–H groups in total. The molecule has 0 saturated heterocycles. The Hall–Kier alpha value is -1.13. The standard InChI is InChI=1S/C30H48O4/c1-8-21-23(31)18-24-28(6)14-11-22(20(2)10-9-13-26(3,4)33)27(28,5)16-17-30(24)19-29(21,30)15-12-25(32)34-7/h8-9,13,20-24,31,33H,1,10-12,14-19H2,2-7H3. The summed E-state index contributed by atoms with van der Waals surface area (Å²) in [7, 11) is 1.47. The molecule has 0 aromatic carbocycles. The average molecular weight is 473 g/mol. The molecule has 4 aliphatic rings. The third kappa shape index (κ3) is 3.65. The Balaban J connectivity index is 1.60. The highest BCUT2D eigenvalue weighted by molar-refractivity contribution is 5.69. The Morgan fingerprint density at radius 2 is 1.94 bits per heavy atom. The molecule has 4 fully saturated rings. The fourth-order valence-corrected chi connectivity index (χ4v) is 9.77. The van der Waals surface area contributed by atoms with E-state index in [9.17, 15) is 15.0 Å². The zero-order valence-electron chi connectivity index (χ0n) is 22.4. The van der Waals surface area contributed by atoms with Crippen LogP contribution in [0.25, 0.3) is 0 Å². The van der Waals surface area contributed by atoms with Crippen molar-refractivity contribution in [2.45, 2.75) is 104 Å². The van der Waals surface area contributed by atoms with E-state index < -0.39 is 5.60 Å². The molecule has 4 saturated carbocycles. The maximum atomic E-state index is 12.1. The van der Waals surface area contributed by atoms with Crippen LogP contribution in [0.4, 0.5) is 0 Å². The number of methoxy groups -OCH3 is 1. The number of esters is 1. The number of carbonyl (C=O) groups excluding carboxylic acids is 1. The van der Waals surface area contributed by atoms with Crippen LogP contribution in [0.2, 0.25) is 0 Å². The van der Waals surface area contributed by atoms with Gasteiger partial charge in [-0.3, -0.25) is 4.79 Å². The molecule has 0 aromatic heterocycles. The zero-order chi connectivity index (χ0) is 25.2. The first-order valence-electron chi connectivity index (χ1n) is 13.6. The van der Waals surface area contributed by atoms with Gasteiger partial charge in [-0.15, -0.1) is 6.58 Å². The summed E-state index contributed by atoms with van der Waals surface area (Å²) in [6, 6.07) is 0. The van der Waals surface area contributed by atoms with Crippen molar-refractivity contribution in [3.63, 3.8) is 0 Å². The second kappa shape index (κ2) is 8.47. The molecule has 9 atom stereocenters. The normalized spacial score (nSPS) is 46.4. The van der Waals surface area contributed by atoms with Crippen LogP contribution in [-0.4, -0.2) is 35.0 Å². The van der Waals surface area contributed by atoms with E-state index in [2.05, 4.69) is 33.4 Å². The largest absolute Gasteiger partial charge is 0.469 e. The lowest BCUT2D eigenvalue weighted by molar-refractivity contribution is -0.150. The van der Waals surface area contributed by atoms with Crippen LogP contribution in [0.5, 0.6) is 0 Å². The Kier molecular flexibility index (Phi) is 6.47. The lowest BCUT2D eigenvalue weighted by atomic mass is 9.43. The number of hydrogen-bond donors (Lipinski definition) is 2. The van der Waals surface area contributed by atoms with Crippen LogP contribution in [-0.2, 0) is 9.53 Å². The minimum absolute atomic E-state index is 0.00520. The topological polar surface area (TPSA) is 66.8 Å². The molecule has 34 heavy (non-hydrogen) atoms. The van der Waals surface area contributed by atoms with Gasteiger partial charge in [0.2, 0.25) is 0 Å². The van der Waals surface area contributed by atoms with Gasteiger partial charge < -0.3 is 14.9 Å². The highest BCUT2D eigenvalue weighted by Crippen LogP contribution is 2.87. The van der Waals surface area contributed by atoms with Gasteiger partial charge in [-0.2, -0.15) is 0 Å². The molecule has 0 aliphatic heterocycles. The molecule has 1 spiro atoms. The summed E-state index contributed by atoms with van der Waals surface area (Å²) >= 11 is 0. The smallest absolute Gasteiger partial charge is 0.305 e. The zero-order valence-corrected chi connectivity index (χ0v) is 22.4. The lowest BCUT2D eigenvalue weighted by Crippen LogP contribution is -2.56. The van der Waals surface area contributed by atoms with E-state index in [4.69, 9.17) is 4.74 Å². The van der Waals surface area contributed by atoms with Crippen LogP contribution in [0.3, 0.4) is 0 Å². The van der Waals surface area contributed by atoms with E-state index in [-0.39, 0.29) is 39.7 Å². The van der Waals surface area contributed by atoms with Crippen molar-refractivity contribution < 1.29 is 19.7 Å². The summed E-state index contributed by atoms with van der Waals surface area (Å²) < 4.78 is 4.98. The number of aliphatic hydroxyl groups excluding tert-OH is 1. The molecule has 192 valence electrons. The molecule has 0 bridgehead atoms. The summed E-state index contributed by atoms with van der Waals surface area (Å²) in [5.74, 6) is 1.64. The van der Waals surface area contributed by atoms with Gasteiger partial charge in [-0.25, -0.2) is 0 Å². The van der Waals surface area contributed by atoms with Gasteiger partial charge in [-0.05, 0) is 105 Å². The molecular formula is C30H48O4. The number of hydrogen-bond acceptors (Lipinski definition) is 4. The van der Waals surface area contributed by atoms with Crippen LogP contribution in [0, 0.1) is 45.3 Å². The quantitative estimate of drug-likeness (QED) is 0.332. The van der Waals surface area contributed by atoms with Crippen LogP contribution >= 0.6 is 0 Å². The van der Waals surface area contributed by atoms with Crippen LogP contribution < -0.4 is 0 Å². The summed E-state index contributed by atoms with van der Waals surface area (Å²) in [5.41, 5.74) is -0.0852. The maximum Gasteiger partial charge on any atom is 0.305 e. The Bertz CT molecular complexity index is 841. The highest BCUT2D eigenvalue weighted by atomic mass is 16.5. The minimum Gasteiger partial charge on any atom is -0.469 e. The first-order chi connectivity index (χ1) is 15.8. The van der Waals surface area contributed by atoms with E-state index in [0.29, 0.717) is 24.2 Å². The second-order valence-electron chi connectivity index (χ2n) is 13.4. The summed E-state index contributed by atoms with van der Waals surface area (Å²) in [6.07, 6.45) is 14.8. The summed E-state index contributed by atoms with van der Waals surface area (Å²) in [4.78, 5) is 12.1. The SMILES string of the molecule is C=CC1C(O)CC2C3(C)CCC(C(C)CC=CC(C)(C)O)C3(C)CCC23CC13CCC(=O)OC. The number of fused-ring (bicyclic) bond motifs is 2. The number of aliphatic hydroxyl groups is 2. The maximum absolute atomic E-state index is 12.1. The second-order valence-corrected chi connectivity index (χ2v) is 13.4. The number of carbonyl (C=O) groups is 1.